The van der Waals surface area contributed by atoms with Gasteiger partial charge in [0.25, 0.3) is 0 Å². The standard InChI is InChI=1S/C13H19BrF2N2O/c1-13(19,8-18(2)3)7-17-6-9-11(15)5-4-10(14)12(9)16/h4-5,17,19H,6-8H2,1-3H3. The van der Waals surface area contributed by atoms with Crippen molar-refractivity contribution in [2.24, 2.45) is 0 Å². The van der Waals surface area contributed by atoms with E-state index >= 15 is 0 Å². The van der Waals surface area contributed by atoms with Crippen LogP contribution in [0.5, 0.6) is 0 Å². The zero-order valence-electron chi connectivity index (χ0n) is 11.3. The van der Waals surface area contributed by atoms with Crippen LogP contribution >= 0.6 is 15.9 Å². The molecule has 0 saturated carbocycles. The first-order valence-electron chi connectivity index (χ1n) is 5.93. The predicted molar refractivity (Wildman–Crippen MR) is 74.9 cm³/mol. The fourth-order valence-corrected chi connectivity index (χ4v) is 2.30. The molecular formula is C13H19BrF2N2O. The van der Waals surface area contributed by atoms with E-state index in [9.17, 15) is 13.9 Å². The average Bonchev–Trinajstić information content (AvgIpc) is 2.26. The lowest BCUT2D eigenvalue weighted by Crippen LogP contribution is -2.45. The second-order valence-electron chi connectivity index (χ2n) is 5.16. The SMILES string of the molecule is CN(C)CC(C)(O)CNCc1c(F)ccc(Br)c1F. The van der Waals surface area contributed by atoms with Gasteiger partial charge in [-0.2, -0.15) is 0 Å². The Morgan fingerprint density at radius 2 is 2.00 bits per heavy atom. The Balaban J connectivity index is 2.61. The number of nitrogens with zero attached hydrogens (tertiary/aromatic N) is 1. The Bertz CT molecular complexity index is 439. The van der Waals surface area contributed by atoms with Crippen LogP contribution in [0.2, 0.25) is 0 Å². The Labute approximate surface area is 120 Å². The number of aliphatic hydroxyl groups is 1. The maximum absolute atomic E-state index is 13.7. The third-order valence-corrected chi connectivity index (χ3v) is 3.22. The number of hydrogen-bond donors (Lipinski definition) is 2. The zero-order valence-corrected chi connectivity index (χ0v) is 12.9. The Morgan fingerprint density at radius 3 is 2.58 bits per heavy atom. The molecule has 6 heteroatoms. The van der Waals surface area contributed by atoms with Gasteiger partial charge < -0.3 is 15.3 Å². The lowest BCUT2D eigenvalue weighted by atomic mass is 10.1. The van der Waals surface area contributed by atoms with Crippen LogP contribution in [0.25, 0.3) is 0 Å². The van der Waals surface area contributed by atoms with Crippen LogP contribution in [0, 0.1) is 11.6 Å². The van der Waals surface area contributed by atoms with Crippen molar-refractivity contribution in [2.75, 3.05) is 27.2 Å². The Morgan fingerprint density at radius 1 is 1.37 bits per heavy atom. The molecule has 1 aromatic carbocycles. The van der Waals surface area contributed by atoms with Crippen LogP contribution in [0.15, 0.2) is 16.6 Å². The van der Waals surface area contributed by atoms with Gasteiger partial charge in [-0.25, -0.2) is 8.78 Å². The first-order valence-corrected chi connectivity index (χ1v) is 6.72. The van der Waals surface area contributed by atoms with Crippen molar-refractivity contribution in [2.45, 2.75) is 19.1 Å². The molecule has 0 fully saturated rings. The van der Waals surface area contributed by atoms with Crippen molar-refractivity contribution in [3.05, 3.63) is 33.8 Å². The molecule has 0 aliphatic carbocycles. The largest absolute Gasteiger partial charge is 0.388 e. The molecule has 19 heavy (non-hydrogen) atoms. The van der Waals surface area contributed by atoms with E-state index in [0.29, 0.717) is 6.54 Å². The molecule has 1 aromatic rings. The van der Waals surface area contributed by atoms with E-state index in [2.05, 4.69) is 21.2 Å². The molecule has 1 atom stereocenters. The van der Waals surface area contributed by atoms with Gasteiger partial charge in [-0.15, -0.1) is 0 Å². The van der Waals surface area contributed by atoms with E-state index in [4.69, 9.17) is 0 Å². The molecule has 0 bridgehead atoms. The summed E-state index contributed by atoms with van der Waals surface area (Å²) in [6, 6.07) is 2.54. The highest BCUT2D eigenvalue weighted by Crippen LogP contribution is 2.21. The number of halogens is 3. The van der Waals surface area contributed by atoms with Crippen LogP contribution in [-0.4, -0.2) is 42.8 Å². The topological polar surface area (TPSA) is 35.5 Å². The van der Waals surface area contributed by atoms with E-state index in [1.54, 1.807) is 6.92 Å². The van der Waals surface area contributed by atoms with Crippen molar-refractivity contribution in [3.63, 3.8) is 0 Å². The van der Waals surface area contributed by atoms with Crippen molar-refractivity contribution < 1.29 is 13.9 Å². The maximum Gasteiger partial charge on any atom is 0.144 e. The van der Waals surface area contributed by atoms with Crippen LogP contribution in [0.4, 0.5) is 8.78 Å². The van der Waals surface area contributed by atoms with Gasteiger partial charge in [0.05, 0.1) is 10.1 Å². The van der Waals surface area contributed by atoms with Gasteiger partial charge in [0, 0.05) is 25.2 Å². The summed E-state index contributed by atoms with van der Waals surface area (Å²) in [7, 11) is 3.70. The maximum atomic E-state index is 13.7. The monoisotopic (exact) mass is 336 g/mol. The molecule has 0 amide bonds. The normalized spacial score (nSPS) is 14.7. The highest BCUT2D eigenvalue weighted by molar-refractivity contribution is 9.10. The van der Waals surface area contributed by atoms with Gasteiger partial charge in [0.15, 0.2) is 0 Å². The molecule has 0 aliphatic rings. The number of benzene rings is 1. The molecule has 3 nitrogen and oxygen atoms in total. The lowest BCUT2D eigenvalue weighted by molar-refractivity contribution is 0.0334. The van der Waals surface area contributed by atoms with Gasteiger partial charge in [-0.05, 0) is 49.1 Å². The van der Waals surface area contributed by atoms with Crippen molar-refractivity contribution in [1.82, 2.24) is 10.2 Å². The molecule has 0 spiro atoms. The Hall–Kier alpha value is -0.560. The fraction of sp³-hybridized carbons (Fsp3) is 0.538. The van der Waals surface area contributed by atoms with E-state index in [-0.39, 0.29) is 23.1 Å². The molecular weight excluding hydrogens is 318 g/mol. The summed E-state index contributed by atoms with van der Waals surface area (Å²) < 4.78 is 27.4. The molecule has 1 rings (SSSR count). The molecule has 1 unspecified atom stereocenters. The van der Waals surface area contributed by atoms with Crippen LogP contribution in [-0.2, 0) is 6.54 Å². The molecule has 0 saturated heterocycles. The lowest BCUT2D eigenvalue weighted by Gasteiger charge is -2.27. The second kappa shape index (κ2) is 6.74. The van der Waals surface area contributed by atoms with Crippen LogP contribution < -0.4 is 5.32 Å². The minimum atomic E-state index is -0.956. The van der Waals surface area contributed by atoms with Gasteiger partial charge in [0.1, 0.15) is 11.6 Å². The summed E-state index contributed by atoms with van der Waals surface area (Å²) in [6.45, 7) is 2.41. The summed E-state index contributed by atoms with van der Waals surface area (Å²) in [5.74, 6) is -1.21. The summed E-state index contributed by atoms with van der Waals surface area (Å²) >= 11 is 3.02. The first-order chi connectivity index (χ1) is 8.73. The first kappa shape index (κ1) is 16.5. The molecule has 0 aliphatic heterocycles. The quantitative estimate of drug-likeness (QED) is 0.781. The van der Waals surface area contributed by atoms with Crippen molar-refractivity contribution >= 4 is 15.9 Å². The van der Waals surface area contributed by atoms with Crippen molar-refractivity contribution in [3.8, 4) is 0 Å². The molecule has 108 valence electrons. The Kier molecular flexibility index (Phi) is 5.85. The van der Waals surface area contributed by atoms with E-state index in [0.717, 1.165) is 0 Å². The highest BCUT2D eigenvalue weighted by Gasteiger charge is 2.21. The highest BCUT2D eigenvalue weighted by atomic mass is 79.9. The van der Waals surface area contributed by atoms with Crippen LogP contribution in [0.1, 0.15) is 12.5 Å². The minimum absolute atomic E-state index is 0.0285. The minimum Gasteiger partial charge on any atom is -0.388 e. The average molecular weight is 337 g/mol. The molecule has 0 heterocycles. The third kappa shape index (κ3) is 5.14. The summed E-state index contributed by atoms with van der Waals surface area (Å²) in [5, 5.41) is 12.9. The zero-order chi connectivity index (χ0) is 14.6. The second-order valence-corrected chi connectivity index (χ2v) is 6.01. The van der Waals surface area contributed by atoms with Gasteiger partial charge >= 0.3 is 0 Å². The van der Waals surface area contributed by atoms with Crippen LogP contribution in [0.3, 0.4) is 0 Å². The smallest absolute Gasteiger partial charge is 0.144 e. The fourth-order valence-electron chi connectivity index (χ4n) is 1.93. The number of nitrogens with one attached hydrogen (secondary N) is 1. The van der Waals surface area contributed by atoms with Gasteiger partial charge in [-0.3, -0.25) is 0 Å². The van der Waals surface area contributed by atoms with Gasteiger partial charge in [0.2, 0.25) is 0 Å². The van der Waals surface area contributed by atoms with E-state index in [1.165, 1.54) is 12.1 Å². The summed E-state index contributed by atoms with van der Waals surface area (Å²) in [4.78, 5) is 1.85. The molecule has 2 N–H and O–H groups in total. The van der Waals surface area contributed by atoms with E-state index < -0.39 is 17.2 Å². The number of likely N-dealkylation sites (N-methyl/N-ethyl adjacent to an activating group) is 1. The predicted octanol–water partition coefficient (Wildman–Crippen LogP) is 2.13. The van der Waals surface area contributed by atoms with Gasteiger partial charge in [-0.1, -0.05) is 0 Å². The summed E-state index contributed by atoms with van der Waals surface area (Å²) in [5.41, 5.74) is -0.988. The summed E-state index contributed by atoms with van der Waals surface area (Å²) in [6.07, 6.45) is 0. The van der Waals surface area contributed by atoms with E-state index in [1.807, 2.05) is 19.0 Å². The molecule has 0 radical (unpaired) electrons. The van der Waals surface area contributed by atoms with Crippen molar-refractivity contribution in [1.29, 1.82) is 0 Å². The molecule has 0 aromatic heterocycles. The number of hydrogen-bond acceptors (Lipinski definition) is 3. The number of rotatable bonds is 6. The third-order valence-electron chi connectivity index (χ3n) is 2.60.